The Balaban J connectivity index is 1.51. The van der Waals surface area contributed by atoms with Gasteiger partial charge in [-0.1, -0.05) is 11.6 Å². The van der Waals surface area contributed by atoms with E-state index < -0.39 is 11.9 Å². The fourth-order valence-electron chi connectivity index (χ4n) is 3.15. The number of amides is 1. The number of carbonyl (C=O) groups is 2. The first-order valence-electron chi connectivity index (χ1n) is 9.05. The van der Waals surface area contributed by atoms with Crippen LogP contribution in [-0.2, 0) is 14.3 Å². The molecule has 1 heterocycles. The Hall–Kier alpha value is -2.73. The second-order valence-corrected chi connectivity index (χ2v) is 7.17. The first kappa shape index (κ1) is 20.0. The van der Waals surface area contributed by atoms with E-state index in [1.807, 2.05) is 6.92 Å². The molecular formula is C21H23ClN2O4. The van der Waals surface area contributed by atoms with Crippen LogP contribution in [0.4, 0.5) is 5.69 Å². The molecule has 1 aliphatic carbocycles. The third-order valence-electron chi connectivity index (χ3n) is 4.62. The summed E-state index contributed by atoms with van der Waals surface area (Å²) in [7, 11) is 1.51. The molecule has 1 amide bonds. The van der Waals surface area contributed by atoms with Crippen LogP contribution in [0.1, 0.15) is 35.8 Å². The summed E-state index contributed by atoms with van der Waals surface area (Å²) in [5.41, 5.74) is 3.80. The van der Waals surface area contributed by atoms with Crippen molar-refractivity contribution in [2.75, 3.05) is 19.0 Å². The summed E-state index contributed by atoms with van der Waals surface area (Å²) in [6.07, 6.45) is 5.48. The van der Waals surface area contributed by atoms with Gasteiger partial charge in [-0.25, -0.2) is 4.79 Å². The summed E-state index contributed by atoms with van der Waals surface area (Å²) in [6, 6.07) is 7.50. The van der Waals surface area contributed by atoms with Gasteiger partial charge in [0.1, 0.15) is 5.75 Å². The molecule has 28 heavy (non-hydrogen) atoms. The van der Waals surface area contributed by atoms with Crippen molar-refractivity contribution in [1.29, 1.82) is 0 Å². The first-order valence-corrected chi connectivity index (χ1v) is 9.43. The van der Waals surface area contributed by atoms with E-state index in [1.54, 1.807) is 24.3 Å². The van der Waals surface area contributed by atoms with Gasteiger partial charge in [-0.15, -0.1) is 0 Å². The highest BCUT2D eigenvalue weighted by atomic mass is 35.5. The molecule has 0 saturated heterocycles. The van der Waals surface area contributed by atoms with Crippen molar-refractivity contribution in [3.63, 3.8) is 0 Å². The number of hydrogen-bond acceptors (Lipinski definition) is 4. The zero-order valence-electron chi connectivity index (χ0n) is 16.1. The molecule has 1 aliphatic rings. The van der Waals surface area contributed by atoms with Crippen LogP contribution in [0, 0.1) is 13.8 Å². The number of halogens is 1. The molecule has 6 nitrogen and oxygen atoms in total. The van der Waals surface area contributed by atoms with Crippen molar-refractivity contribution in [3.05, 3.63) is 52.3 Å². The smallest absolute Gasteiger partial charge is 0.331 e. The molecule has 0 spiro atoms. The maximum atomic E-state index is 12.0. The summed E-state index contributed by atoms with van der Waals surface area (Å²) < 4.78 is 12.4. The highest BCUT2D eigenvalue weighted by Gasteiger charge is 2.26. The lowest BCUT2D eigenvalue weighted by molar-refractivity contribution is -0.142. The SMILES string of the molecule is COc1ccc(NC(=O)COC(=O)/C=C/c2cc(C)n(C3CC3)c2C)cc1Cl. The van der Waals surface area contributed by atoms with Gasteiger partial charge in [0.15, 0.2) is 6.61 Å². The number of benzene rings is 1. The standard InChI is InChI=1S/C21H23ClN2O4/c1-13-10-15(14(2)24(13)17-6-7-17)4-9-21(26)28-12-20(25)23-16-5-8-19(27-3)18(22)11-16/h4-5,8-11,17H,6-7,12H2,1-3H3,(H,23,25)/b9-4+. The Morgan fingerprint density at radius 1 is 1.29 bits per heavy atom. The molecule has 3 rings (SSSR count). The van der Waals surface area contributed by atoms with E-state index in [0.29, 0.717) is 22.5 Å². The lowest BCUT2D eigenvalue weighted by atomic mass is 10.2. The number of nitrogens with zero attached hydrogens (tertiary/aromatic N) is 1. The second-order valence-electron chi connectivity index (χ2n) is 6.77. The number of nitrogens with one attached hydrogen (secondary N) is 1. The van der Waals surface area contributed by atoms with Crippen molar-refractivity contribution < 1.29 is 19.1 Å². The van der Waals surface area contributed by atoms with Crippen molar-refractivity contribution in [2.24, 2.45) is 0 Å². The van der Waals surface area contributed by atoms with Gasteiger partial charge in [0.05, 0.1) is 12.1 Å². The van der Waals surface area contributed by atoms with Crippen LogP contribution in [-0.4, -0.2) is 30.2 Å². The highest BCUT2D eigenvalue weighted by molar-refractivity contribution is 6.32. The molecular weight excluding hydrogens is 380 g/mol. The summed E-state index contributed by atoms with van der Waals surface area (Å²) in [4.78, 5) is 23.9. The third kappa shape index (κ3) is 4.75. The first-order chi connectivity index (χ1) is 13.4. The largest absolute Gasteiger partial charge is 0.495 e. The average molecular weight is 403 g/mol. The highest BCUT2D eigenvalue weighted by Crippen LogP contribution is 2.38. The van der Waals surface area contributed by atoms with E-state index in [1.165, 1.54) is 31.7 Å². The molecule has 0 unspecified atom stereocenters. The van der Waals surface area contributed by atoms with E-state index in [4.69, 9.17) is 21.1 Å². The minimum absolute atomic E-state index is 0.379. The van der Waals surface area contributed by atoms with Gasteiger partial charge < -0.3 is 19.4 Å². The van der Waals surface area contributed by atoms with Gasteiger partial charge in [-0.05, 0) is 62.6 Å². The normalized spacial score (nSPS) is 13.6. The molecule has 1 saturated carbocycles. The van der Waals surface area contributed by atoms with Gasteiger partial charge in [0, 0.05) is 29.2 Å². The zero-order valence-corrected chi connectivity index (χ0v) is 16.9. The zero-order chi connectivity index (χ0) is 20.3. The fourth-order valence-corrected chi connectivity index (χ4v) is 3.41. The van der Waals surface area contributed by atoms with E-state index >= 15 is 0 Å². The van der Waals surface area contributed by atoms with Crippen molar-refractivity contribution >= 4 is 35.2 Å². The number of rotatable bonds is 7. The Morgan fingerprint density at radius 2 is 2.04 bits per heavy atom. The molecule has 1 aromatic carbocycles. The van der Waals surface area contributed by atoms with Crippen LogP contribution < -0.4 is 10.1 Å². The number of carbonyl (C=O) groups excluding carboxylic acids is 2. The number of esters is 1. The monoisotopic (exact) mass is 402 g/mol. The van der Waals surface area contributed by atoms with E-state index in [9.17, 15) is 9.59 Å². The lowest BCUT2D eigenvalue weighted by Gasteiger charge is -2.08. The van der Waals surface area contributed by atoms with Crippen LogP contribution in [0.5, 0.6) is 5.75 Å². The van der Waals surface area contributed by atoms with Crippen molar-refractivity contribution in [3.8, 4) is 5.75 Å². The topological polar surface area (TPSA) is 69.6 Å². The number of hydrogen-bond donors (Lipinski definition) is 1. The predicted octanol–water partition coefficient (Wildman–Crippen LogP) is 4.30. The van der Waals surface area contributed by atoms with Crippen LogP contribution in [0.3, 0.4) is 0 Å². The van der Waals surface area contributed by atoms with Gasteiger partial charge >= 0.3 is 5.97 Å². The van der Waals surface area contributed by atoms with Crippen LogP contribution in [0.2, 0.25) is 5.02 Å². The van der Waals surface area contributed by atoms with Crippen molar-refractivity contribution in [2.45, 2.75) is 32.7 Å². The maximum Gasteiger partial charge on any atom is 0.331 e. The summed E-state index contributed by atoms with van der Waals surface area (Å²) in [6.45, 7) is 3.73. The molecule has 1 fully saturated rings. The number of ether oxygens (including phenoxy) is 2. The summed E-state index contributed by atoms with van der Waals surface area (Å²) in [5, 5.41) is 3.00. The number of aryl methyl sites for hydroxylation is 1. The van der Waals surface area contributed by atoms with E-state index in [0.717, 1.165) is 11.3 Å². The van der Waals surface area contributed by atoms with E-state index in [-0.39, 0.29) is 6.61 Å². The molecule has 1 N–H and O–H groups in total. The van der Waals surface area contributed by atoms with Crippen molar-refractivity contribution in [1.82, 2.24) is 4.57 Å². The minimum Gasteiger partial charge on any atom is -0.495 e. The molecule has 2 aromatic rings. The number of aromatic nitrogens is 1. The van der Waals surface area contributed by atoms with Gasteiger partial charge in [0.2, 0.25) is 0 Å². The third-order valence-corrected chi connectivity index (χ3v) is 4.91. The summed E-state index contributed by atoms with van der Waals surface area (Å²) in [5.74, 6) is -0.508. The molecule has 0 atom stereocenters. The van der Waals surface area contributed by atoms with Gasteiger partial charge in [-0.2, -0.15) is 0 Å². The molecule has 0 bridgehead atoms. The lowest BCUT2D eigenvalue weighted by Crippen LogP contribution is -2.20. The number of methoxy groups -OCH3 is 1. The maximum absolute atomic E-state index is 12.0. The Morgan fingerprint density at radius 3 is 2.68 bits per heavy atom. The van der Waals surface area contributed by atoms with Gasteiger partial charge in [-0.3, -0.25) is 4.79 Å². The van der Waals surface area contributed by atoms with Crippen LogP contribution >= 0.6 is 11.6 Å². The van der Waals surface area contributed by atoms with Gasteiger partial charge in [0.25, 0.3) is 5.91 Å². The summed E-state index contributed by atoms with van der Waals surface area (Å²) >= 11 is 6.02. The Bertz CT molecular complexity index is 929. The molecule has 148 valence electrons. The minimum atomic E-state index is -0.570. The molecule has 7 heteroatoms. The van der Waals surface area contributed by atoms with Crippen LogP contribution in [0.15, 0.2) is 30.3 Å². The molecule has 0 aliphatic heterocycles. The quantitative estimate of drug-likeness (QED) is 0.553. The predicted molar refractivity (Wildman–Crippen MR) is 109 cm³/mol. The Kier molecular flexibility index (Phi) is 6.09. The second kappa shape index (κ2) is 8.52. The Labute approximate surface area is 169 Å². The molecule has 0 radical (unpaired) electrons. The van der Waals surface area contributed by atoms with E-state index in [2.05, 4.69) is 22.9 Å². The molecule has 1 aromatic heterocycles. The average Bonchev–Trinajstić information content (AvgIpc) is 3.44. The fraction of sp³-hybridized carbons (Fsp3) is 0.333. The number of anilines is 1. The van der Waals surface area contributed by atoms with Crippen LogP contribution in [0.25, 0.3) is 6.08 Å².